The molecule has 114 valence electrons. The molecule has 0 saturated heterocycles. The van der Waals surface area contributed by atoms with E-state index in [1.54, 1.807) is 6.20 Å². The van der Waals surface area contributed by atoms with Gasteiger partial charge in [0.15, 0.2) is 0 Å². The summed E-state index contributed by atoms with van der Waals surface area (Å²) in [7, 11) is 0. The Kier molecular flexibility index (Phi) is 5.68. The van der Waals surface area contributed by atoms with Crippen LogP contribution in [0.5, 0.6) is 0 Å². The zero-order chi connectivity index (χ0) is 15.1. The number of nitrogens with one attached hydrogen (secondary N) is 2. The molecule has 0 saturated carbocycles. The number of hydrogen-bond donors (Lipinski definition) is 2. The molecule has 0 aliphatic heterocycles. The van der Waals surface area contributed by atoms with Gasteiger partial charge in [0, 0.05) is 6.20 Å². The Bertz CT molecular complexity index is 553. The molecule has 0 aliphatic carbocycles. The van der Waals surface area contributed by atoms with Gasteiger partial charge in [-0.3, -0.25) is 4.98 Å². The molecule has 0 spiro atoms. The van der Waals surface area contributed by atoms with E-state index < -0.39 is 0 Å². The predicted molar refractivity (Wildman–Crippen MR) is 81.8 cm³/mol. The highest BCUT2D eigenvalue weighted by Gasteiger charge is 2.07. The average Bonchev–Trinajstić information content (AvgIpc) is 2.93. The van der Waals surface area contributed by atoms with Crippen molar-refractivity contribution in [2.24, 2.45) is 5.92 Å². The zero-order valence-electron chi connectivity index (χ0n) is 12.9. The van der Waals surface area contributed by atoms with Crippen LogP contribution in [0.15, 0.2) is 22.7 Å². The number of pyridine rings is 1. The molecule has 0 bridgehead atoms. The van der Waals surface area contributed by atoms with Crippen molar-refractivity contribution in [2.75, 3.05) is 11.9 Å². The Hall–Kier alpha value is -1.95. The van der Waals surface area contributed by atoms with E-state index in [0.717, 1.165) is 18.7 Å². The van der Waals surface area contributed by atoms with Gasteiger partial charge >= 0.3 is 6.01 Å². The minimum atomic E-state index is 0.434. The molecule has 6 heteroatoms. The van der Waals surface area contributed by atoms with Crippen LogP contribution >= 0.6 is 0 Å². The Morgan fingerprint density at radius 1 is 1.24 bits per heavy atom. The normalized spacial score (nSPS) is 11.0. The lowest BCUT2D eigenvalue weighted by atomic mass is 10.1. The molecule has 0 fully saturated rings. The Morgan fingerprint density at radius 3 is 2.86 bits per heavy atom. The lowest BCUT2D eigenvalue weighted by molar-refractivity contribution is 0.458. The average molecular weight is 289 g/mol. The first-order chi connectivity index (χ1) is 10.2. The van der Waals surface area contributed by atoms with Crippen molar-refractivity contribution < 1.29 is 4.42 Å². The molecular formula is C15H23N5O. The van der Waals surface area contributed by atoms with Crippen molar-refractivity contribution in [1.29, 1.82) is 0 Å². The molecule has 0 unspecified atom stereocenters. The summed E-state index contributed by atoms with van der Waals surface area (Å²) < 4.78 is 5.54. The van der Waals surface area contributed by atoms with E-state index in [9.17, 15) is 0 Å². The first kappa shape index (κ1) is 15.4. The van der Waals surface area contributed by atoms with Crippen molar-refractivity contribution in [3.05, 3.63) is 35.5 Å². The van der Waals surface area contributed by atoms with Crippen LogP contribution in [0.3, 0.4) is 0 Å². The molecule has 2 heterocycles. The molecule has 2 aromatic rings. The van der Waals surface area contributed by atoms with Crippen molar-refractivity contribution in [1.82, 2.24) is 20.5 Å². The van der Waals surface area contributed by atoms with Gasteiger partial charge in [-0.05, 0) is 30.5 Å². The van der Waals surface area contributed by atoms with E-state index >= 15 is 0 Å². The Labute approximate surface area is 125 Å². The number of rotatable bonds is 8. The van der Waals surface area contributed by atoms with Crippen LogP contribution in [0.2, 0.25) is 0 Å². The van der Waals surface area contributed by atoms with Crippen LogP contribution in [0.25, 0.3) is 0 Å². The molecular weight excluding hydrogens is 266 g/mol. The zero-order valence-corrected chi connectivity index (χ0v) is 12.9. The molecule has 0 aliphatic rings. The van der Waals surface area contributed by atoms with Crippen LogP contribution in [-0.4, -0.2) is 21.7 Å². The summed E-state index contributed by atoms with van der Waals surface area (Å²) in [6.07, 6.45) is 2.75. The van der Waals surface area contributed by atoms with E-state index in [1.165, 1.54) is 5.56 Å². The Balaban J connectivity index is 1.85. The van der Waals surface area contributed by atoms with Crippen LogP contribution in [0.1, 0.15) is 37.9 Å². The van der Waals surface area contributed by atoms with Crippen LogP contribution < -0.4 is 10.6 Å². The maximum atomic E-state index is 5.54. The van der Waals surface area contributed by atoms with Gasteiger partial charge in [-0.15, -0.1) is 5.10 Å². The summed E-state index contributed by atoms with van der Waals surface area (Å²) in [6, 6.07) is 4.47. The quantitative estimate of drug-likeness (QED) is 0.777. The molecule has 0 amide bonds. The number of aryl methyl sites for hydroxylation is 1. The smallest absolute Gasteiger partial charge is 0.315 e. The highest BCUT2D eigenvalue weighted by Crippen LogP contribution is 2.10. The molecule has 21 heavy (non-hydrogen) atoms. The highest BCUT2D eigenvalue weighted by atomic mass is 16.4. The third-order valence-electron chi connectivity index (χ3n) is 3.07. The maximum absolute atomic E-state index is 5.54. The number of nitrogens with zero attached hydrogens (tertiary/aromatic N) is 3. The molecule has 2 N–H and O–H groups in total. The summed E-state index contributed by atoms with van der Waals surface area (Å²) in [5.74, 6) is 1.19. The summed E-state index contributed by atoms with van der Waals surface area (Å²) in [5, 5.41) is 14.4. The molecule has 0 aromatic carbocycles. The lowest BCUT2D eigenvalue weighted by Crippen LogP contribution is -2.19. The standard InChI is InChI=1S/C15H23N5O/c1-4-12-6-5-7-17-13(12)9-18-15-20-19-14(21-15)10-16-8-11(2)3/h5-7,11,16H,4,8-10H2,1-3H3,(H,18,20). The molecule has 2 aromatic heterocycles. The van der Waals surface area contributed by atoms with Gasteiger partial charge in [-0.1, -0.05) is 31.9 Å². The topological polar surface area (TPSA) is 75.9 Å². The van der Waals surface area contributed by atoms with Crippen molar-refractivity contribution in [3.8, 4) is 0 Å². The highest BCUT2D eigenvalue weighted by molar-refractivity contribution is 5.25. The summed E-state index contributed by atoms with van der Waals surface area (Å²) >= 11 is 0. The predicted octanol–water partition coefficient (Wildman–Crippen LogP) is 2.38. The third kappa shape index (κ3) is 4.82. The second kappa shape index (κ2) is 7.73. The fraction of sp³-hybridized carbons (Fsp3) is 0.533. The van der Waals surface area contributed by atoms with Crippen LogP contribution in [0.4, 0.5) is 6.01 Å². The van der Waals surface area contributed by atoms with E-state index in [2.05, 4.69) is 52.7 Å². The fourth-order valence-corrected chi connectivity index (χ4v) is 1.98. The van der Waals surface area contributed by atoms with Gasteiger partial charge in [0.25, 0.3) is 0 Å². The monoisotopic (exact) mass is 289 g/mol. The first-order valence-electron chi connectivity index (χ1n) is 7.38. The van der Waals surface area contributed by atoms with Gasteiger partial charge < -0.3 is 15.1 Å². The maximum Gasteiger partial charge on any atom is 0.315 e. The van der Waals surface area contributed by atoms with Crippen LogP contribution in [0, 0.1) is 5.92 Å². The van der Waals surface area contributed by atoms with E-state index in [1.807, 2.05) is 6.07 Å². The van der Waals surface area contributed by atoms with Crippen molar-refractivity contribution in [3.63, 3.8) is 0 Å². The minimum Gasteiger partial charge on any atom is -0.407 e. The van der Waals surface area contributed by atoms with Gasteiger partial charge in [0.2, 0.25) is 5.89 Å². The lowest BCUT2D eigenvalue weighted by Gasteiger charge is -2.06. The van der Waals surface area contributed by atoms with Gasteiger partial charge in [-0.2, -0.15) is 0 Å². The molecule has 6 nitrogen and oxygen atoms in total. The first-order valence-corrected chi connectivity index (χ1v) is 7.38. The molecule has 0 radical (unpaired) electrons. The van der Waals surface area contributed by atoms with E-state index in [0.29, 0.717) is 30.9 Å². The Morgan fingerprint density at radius 2 is 2.10 bits per heavy atom. The molecule has 0 atom stereocenters. The van der Waals surface area contributed by atoms with Crippen molar-refractivity contribution >= 4 is 6.01 Å². The van der Waals surface area contributed by atoms with Crippen LogP contribution in [-0.2, 0) is 19.5 Å². The third-order valence-corrected chi connectivity index (χ3v) is 3.07. The summed E-state index contributed by atoms with van der Waals surface area (Å²) in [5.41, 5.74) is 2.24. The van der Waals surface area contributed by atoms with E-state index in [4.69, 9.17) is 4.42 Å². The van der Waals surface area contributed by atoms with E-state index in [-0.39, 0.29) is 0 Å². The number of aromatic nitrogens is 3. The summed E-state index contributed by atoms with van der Waals surface area (Å²) in [6.45, 7) is 8.55. The SMILES string of the molecule is CCc1cccnc1CNc1nnc(CNCC(C)C)o1. The van der Waals surface area contributed by atoms with Gasteiger partial charge in [-0.25, -0.2) is 0 Å². The minimum absolute atomic E-state index is 0.434. The second-order valence-electron chi connectivity index (χ2n) is 5.34. The fourth-order valence-electron chi connectivity index (χ4n) is 1.98. The molecule has 2 rings (SSSR count). The largest absolute Gasteiger partial charge is 0.407 e. The summed E-state index contributed by atoms with van der Waals surface area (Å²) in [4.78, 5) is 4.38. The van der Waals surface area contributed by atoms with Gasteiger partial charge in [0.1, 0.15) is 0 Å². The number of anilines is 1. The van der Waals surface area contributed by atoms with Crippen molar-refractivity contribution in [2.45, 2.75) is 40.3 Å². The number of hydrogen-bond acceptors (Lipinski definition) is 6. The van der Waals surface area contributed by atoms with Gasteiger partial charge in [0.05, 0.1) is 18.8 Å². The second-order valence-corrected chi connectivity index (χ2v) is 5.34.